The average Bonchev–Trinajstić information content (AvgIpc) is 3.26. The monoisotopic (exact) mass is 688 g/mol. The van der Waals surface area contributed by atoms with Gasteiger partial charge in [-0.15, -0.1) is 0 Å². The molecule has 0 fully saturated rings. The molecule has 0 unspecified atom stereocenters. The Morgan fingerprint density at radius 1 is 0.241 bits per heavy atom. The molecule has 0 amide bonds. The molecule has 0 radical (unpaired) electrons. The van der Waals surface area contributed by atoms with Crippen molar-refractivity contribution in [1.82, 2.24) is 19.9 Å². The van der Waals surface area contributed by atoms with Gasteiger partial charge in [-0.3, -0.25) is 4.98 Å². The van der Waals surface area contributed by atoms with E-state index in [1.165, 1.54) is 26.9 Å². The van der Waals surface area contributed by atoms with Crippen molar-refractivity contribution in [2.75, 3.05) is 0 Å². The normalized spacial score (nSPS) is 11.3. The largest absolute Gasteiger partial charge is 0.265 e. The van der Waals surface area contributed by atoms with E-state index in [0.717, 1.165) is 55.5 Å². The predicted molar refractivity (Wildman–Crippen MR) is 223 cm³/mol. The third-order valence-corrected chi connectivity index (χ3v) is 10.2. The minimum absolute atomic E-state index is 0.621. The second kappa shape index (κ2) is 13.4. The molecule has 54 heavy (non-hydrogen) atoms. The van der Waals surface area contributed by atoms with Gasteiger partial charge < -0.3 is 0 Å². The molecule has 0 aliphatic rings. The minimum Gasteiger partial charge on any atom is -0.265 e. The molecule has 0 N–H and O–H groups in total. The lowest BCUT2D eigenvalue weighted by atomic mass is 9.93. The summed E-state index contributed by atoms with van der Waals surface area (Å²) in [6.07, 6.45) is 3.66. The molecule has 0 aliphatic carbocycles. The maximum absolute atomic E-state index is 5.19. The van der Waals surface area contributed by atoms with E-state index in [1.54, 1.807) is 0 Å². The van der Waals surface area contributed by atoms with Crippen molar-refractivity contribution in [3.05, 3.63) is 194 Å². The Morgan fingerprint density at radius 2 is 0.722 bits per heavy atom. The molecule has 8 aromatic carbocycles. The highest BCUT2D eigenvalue weighted by Crippen LogP contribution is 2.36. The molecule has 2 heterocycles. The summed E-state index contributed by atoms with van der Waals surface area (Å²) in [5.41, 5.74) is 9.48. The molecule has 4 nitrogen and oxygen atoms in total. The van der Waals surface area contributed by atoms with Crippen LogP contribution in [0.2, 0.25) is 0 Å². The van der Waals surface area contributed by atoms with E-state index in [-0.39, 0.29) is 0 Å². The zero-order valence-electron chi connectivity index (χ0n) is 29.3. The third kappa shape index (κ3) is 5.96. The highest BCUT2D eigenvalue weighted by Gasteiger charge is 2.16. The molecule has 2 aromatic heterocycles. The zero-order valence-corrected chi connectivity index (χ0v) is 29.3. The molecule has 0 atom stereocenters. The van der Waals surface area contributed by atoms with Gasteiger partial charge in [0.05, 0.1) is 0 Å². The lowest BCUT2D eigenvalue weighted by molar-refractivity contribution is 1.07. The fraction of sp³-hybridized carbons (Fsp3) is 0. The number of rotatable bonds is 6. The van der Waals surface area contributed by atoms with Crippen LogP contribution in [0.5, 0.6) is 0 Å². The molecular formula is C50H32N4. The molecule has 0 saturated heterocycles. The quantitative estimate of drug-likeness (QED) is 0.163. The van der Waals surface area contributed by atoms with Gasteiger partial charge in [-0.1, -0.05) is 140 Å². The van der Waals surface area contributed by atoms with E-state index in [2.05, 4.69) is 145 Å². The Labute approximate surface area is 313 Å². The number of hydrogen-bond donors (Lipinski definition) is 0. The van der Waals surface area contributed by atoms with Gasteiger partial charge >= 0.3 is 0 Å². The van der Waals surface area contributed by atoms with Gasteiger partial charge in [0.15, 0.2) is 17.5 Å². The molecule has 10 rings (SSSR count). The van der Waals surface area contributed by atoms with Crippen molar-refractivity contribution in [1.29, 1.82) is 0 Å². The SMILES string of the molecule is c1ccc(-c2nc(-c3cc(-c4ccc(-c5ccncc5)cc4)cc(-c4ccc5c(ccc6ccccc65)c4)c3)nc(-c3ccc4ccccc4c3)n2)cc1. The smallest absolute Gasteiger partial charge is 0.164 e. The Bertz CT molecular complexity index is 2970. The van der Waals surface area contributed by atoms with Gasteiger partial charge in [0.2, 0.25) is 0 Å². The summed E-state index contributed by atoms with van der Waals surface area (Å²) in [5, 5.41) is 7.25. The zero-order chi connectivity index (χ0) is 35.8. The summed E-state index contributed by atoms with van der Waals surface area (Å²) in [5.74, 6) is 1.89. The first kappa shape index (κ1) is 31.4. The van der Waals surface area contributed by atoms with Crippen molar-refractivity contribution in [2.24, 2.45) is 0 Å². The lowest BCUT2D eigenvalue weighted by Gasteiger charge is -2.14. The highest BCUT2D eigenvalue weighted by molar-refractivity contribution is 6.08. The third-order valence-electron chi connectivity index (χ3n) is 10.2. The van der Waals surface area contributed by atoms with Crippen LogP contribution >= 0.6 is 0 Å². The fourth-order valence-corrected chi connectivity index (χ4v) is 7.36. The van der Waals surface area contributed by atoms with Gasteiger partial charge in [0, 0.05) is 29.1 Å². The number of nitrogens with zero attached hydrogens (tertiary/aromatic N) is 4. The molecule has 0 aliphatic heterocycles. The predicted octanol–water partition coefficient (Wildman–Crippen LogP) is 12.7. The van der Waals surface area contributed by atoms with Gasteiger partial charge in [-0.2, -0.15) is 0 Å². The molecular weight excluding hydrogens is 657 g/mol. The van der Waals surface area contributed by atoms with E-state index in [1.807, 2.05) is 54.9 Å². The second-order valence-corrected chi connectivity index (χ2v) is 13.6. The van der Waals surface area contributed by atoms with Crippen molar-refractivity contribution >= 4 is 32.3 Å². The first-order valence-corrected chi connectivity index (χ1v) is 18.1. The summed E-state index contributed by atoms with van der Waals surface area (Å²) >= 11 is 0. The number of hydrogen-bond acceptors (Lipinski definition) is 4. The molecule has 0 saturated carbocycles. The van der Waals surface area contributed by atoms with Crippen LogP contribution in [0.1, 0.15) is 0 Å². The molecule has 4 heteroatoms. The number of fused-ring (bicyclic) bond motifs is 4. The van der Waals surface area contributed by atoms with Crippen LogP contribution in [0.15, 0.2) is 194 Å². The minimum atomic E-state index is 0.621. The van der Waals surface area contributed by atoms with Crippen molar-refractivity contribution in [2.45, 2.75) is 0 Å². The second-order valence-electron chi connectivity index (χ2n) is 13.6. The Balaban J connectivity index is 1.16. The summed E-state index contributed by atoms with van der Waals surface area (Å²) in [6, 6.07) is 64.2. The van der Waals surface area contributed by atoms with Crippen LogP contribution in [0, 0.1) is 0 Å². The molecule has 10 aromatic rings. The number of aromatic nitrogens is 4. The Morgan fingerprint density at radius 3 is 1.50 bits per heavy atom. The lowest BCUT2D eigenvalue weighted by Crippen LogP contribution is -2.00. The maximum Gasteiger partial charge on any atom is 0.164 e. The van der Waals surface area contributed by atoms with E-state index in [4.69, 9.17) is 15.0 Å². The summed E-state index contributed by atoms with van der Waals surface area (Å²) in [7, 11) is 0. The van der Waals surface area contributed by atoms with E-state index in [9.17, 15) is 0 Å². The van der Waals surface area contributed by atoms with Crippen LogP contribution in [0.25, 0.3) is 99.9 Å². The first-order chi connectivity index (χ1) is 26.7. The van der Waals surface area contributed by atoms with Crippen LogP contribution < -0.4 is 0 Å². The van der Waals surface area contributed by atoms with Crippen LogP contribution in [-0.2, 0) is 0 Å². The van der Waals surface area contributed by atoms with Gasteiger partial charge in [0.25, 0.3) is 0 Å². The molecule has 252 valence electrons. The van der Waals surface area contributed by atoms with Gasteiger partial charge in [-0.25, -0.2) is 15.0 Å². The van der Waals surface area contributed by atoms with Crippen molar-refractivity contribution < 1.29 is 0 Å². The summed E-state index contributed by atoms with van der Waals surface area (Å²) < 4.78 is 0. The van der Waals surface area contributed by atoms with E-state index in [0.29, 0.717) is 17.5 Å². The first-order valence-electron chi connectivity index (χ1n) is 18.1. The Kier molecular flexibility index (Phi) is 7.77. The summed E-state index contributed by atoms with van der Waals surface area (Å²) in [6.45, 7) is 0. The van der Waals surface area contributed by atoms with Crippen molar-refractivity contribution in [3.63, 3.8) is 0 Å². The average molecular weight is 689 g/mol. The Hall–Kier alpha value is -7.30. The van der Waals surface area contributed by atoms with Crippen LogP contribution in [-0.4, -0.2) is 19.9 Å². The van der Waals surface area contributed by atoms with Crippen LogP contribution in [0.4, 0.5) is 0 Å². The number of benzene rings is 8. The fourth-order valence-electron chi connectivity index (χ4n) is 7.36. The number of pyridine rings is 1. The highest BCUT2D eigenvalue weighted by atomic mass is 15.0. The standard InChI is InChI=1S/C50H32N4/c1-2-10-38(11-3-1)48-52-49(42-21-18-33-8-4-5-12-39(33)29-42)54-50(53-48)45-31-43(35-16-14-34(15-17-35)36-24-26-51-27-25-36)30-44(32-45)40-22-23-47-41(28-40)20-19-37-9-6-7-13-46(37)47/h1-32H. The topological polar surface area (TPSA) is 51.6 Å². The van der Waals surface area contributed by atoms with Gasteiger partial charge in [0.1, 0.15) is 0 Å². The van der Waals surface area contributed by atoms with E-state index >= 15 is 0 Å². The maximum atomic E-state index is 5.19. The van der Waals surface area contributed by atoms with Gasteiger partial charge in [-0.05, 0) is 108 Å². The molecule has 0 bridgehead atoms. The molecule has 0 spiro atoms. The van der Waals surface area contributed by atoms with Crippen molar-refractivity contribution in [3.8, 4) is 67.5 Å². The van der Waals surface area contributed by atoms with E-state index < -0.39 is 0 Å². The van der Waals surface area contributed by atoms with Crippen LogP contribution in [0.3, 0.4) is 0 Å². The summed E-state index contributed by atoms with van der Waals surface area (Å²) in [4.78, 5) is 19.6.